The number of amides is 1. The fourth-order valence-corrected chi connectivity index (χ4v) is 2.24. The van der Waals surface area contributed by atoms with Crippen molar-refractivity contribution in [2.24, 2.45) is 0 Å². The van der Waals surface area contributed by atoms with Gasteiger partial charge in [0.05, 0.1) is 11.3 Å². The molecule has 3 nitrogen and oxygen atoms in total. The number of rotatable bonds is 6. The van der Waals surface area contributed by atoms with Gasteiger partial charge in [0.15, 0.2) is 0 Å². The molecule has 0 aliphatic rings. The second-order valence-corrected chi connectivity index (χ2v) is 5.47. The molecule has 0 spiro atoms. The van der Waals surface area contributed by atoms with Crippen LogP contribution in [0.4, 0.5) is 13.2 Å². The Morgan fingerprint density at radius 3 is 2.46 bits per heavy atom. The molecule has 2 aromatic rings. The van der Waals surface area contributed by atoms with E-state index >= 15 is 0 Å². The van der Waals surface area contributed by atoms with Gasteiger partial charge in [0.2, 0.25) is 0 Å². The molecule has 1 aromatic heterocycles. The fourth-order valence-electron chi connectivity index (χ4n) is 2.24. The van der Waals surface area contributed by atoms with Gasteiger partial charge < -0.3 is 5.32 Å². The molecule has 0 saturated carbocycles. The summed E-state index contributed by atoms with van der Waals surface area (Å²) in [6, 6.07) is 8.31. The fraction of sp³-hybridized carbons (Fsp3) is 0.333. The van der Waals surface area contributed by atoms with Crippen LogP contribution in [-0.2, 0) is 6.18 Å². The summed E-state index contributed by atoms with van der Waals surface area (Å²) in [4.78, 5) is 15.9. The minimum absolute atomic E-state index is 0.186. The van der Waals surface area contributed by atoms with Crippen LogP contribution in [0.15, 0.2) is 42.6 Å². The molecule has 0 atom stereocenters. The first kappa shape index (κ1) is 18.0. The smallest absolute Gasteiger partial charge is 0.352 e. The first-order valence-corrected chi connectivity index (χ1v) is 7.83. The Hall–Kier alpha value is -2.37. The summed E-state index contributed by atoms with van der Waals surface area (Å²) in [6.45, 7) is 2.70. The van der Waals surface area contributed by atoms with Crippen LogP contribution in [0.1, 0.15) is 42.1 Å². The Bertz CT molecular complexity index is 681. The van der Waals surface area contributed by atoms with Crippen molar-refractivity contribution >= 4 is 5.91 Å². The lowest BCUT2D eigenvalue weighted by Crippen LogP contribution is -2.24. The van der Waals surface area contributed by atoms with E-state index in [1.54, 1.807) is 24.3 Å². The van der Waals surface area contributed by atoms with Crippen molar-refractivity contribution in [1.29, 1.82) is 0 Å². The van der Waals surface area contributed by atoms with E-state index in [0.717, 1.165) is 37.6 Å². The zero-order valence-electron chi connectivity index (χ0n) is 13.4. The molecule has 1 aromatic carbocycles. The molecule has 1 N–H and O–H groups in total. The van der Waals surface area contributed by atoms with Crippen molar-refractivity contribution in [3.05, 3.63) is 53.7 Å². The average molecular weight is 336 g/mol. The Labute approximate surface area is 138 Å². The number of nitrogens with one attached hydrogen (secondary N) is 1. The highest BCUT2D eigenvalue weighted by molar-refractivity contribution is 5.94. The minimum atomic E-state index is -4.41. The zero-order valence-corrected chi connectivity index (χ0v) is 13.4. The van der Waals surface area contributed by atoms with E-state index in [1.807, 2.05) is 0 Å². The van der Waals surface area contributed by atoms with Crippen molar-refractivity contribution < 1.29 is 18.0 Å². The van der Waals surface area contributed by atoms with Gasteiger partial charge >= 0.3 is 6.18 Å². The number of pyridine rings is 1. The summed E-state index contributed by atoms with van der Waals surface area (Å²) in [5, 5.41) is 2.82. The molecular weight excluding hydrogens is 317 g/mol. The van der Waals surface area contributed by atoms with Crippen LogP contribution in [0.3, 0.4) is 0 Å². The van der Waals surface area contributed by atoms with Crippen molar-refractivity contribution in [3.63, 3.8) is 0 Å². The second-order valence-electron chi connectivity index (χ2n) is 5.47. The van der Waals surface area contributed by atoms with E-state index in [4.69, 9.17) is 0 Å². The molecule has 1 heterocycles. The molecule has 24 heavy (non-hydrogen) atoms. The van der Waals surface area contributed by atoms with Crippen molar-refractivity contribution in [1.82, 2.24) is 10.3 Å². The van der Waals surface area contributed by atoms with Gasteiger partial charge in [0.1, 0.15) is 0 Å². The van der Waals surface area contributed by atoms with Crippen LogP contribution >= 0.6 is 0 Å². The number of hydrogen-bond donors (Lipinski definition) is 1. The Kier molecular flexibility index (Phi) is 5.95. The maximum atomic E-state index is 12.7. The Morgan fingerprint density at radius 1 is 1.12 bits per heavy atom. The molecule has 0 bridgehead atoms. The topological polar surface area (TPSA) is 42.0 Å². The second kappa shape index (κ2) is 7.95. The minimum Gasteiger partial charge on any atom is -0.352 e. The first-order chi connectivity index (χ1) is 11.4. The Balaban J connectivity index is 2.08. The number of aromatic nitrogens is 1. The van der Waals surface area contributed by atoms with Gasteiger partial charge in [-0.1, -0.05) is 31.9 Å². The SMILES string of the molecule is CCCCCNC(=O)c1ccc(-c2cc(C(F)(F)F)ccn2)cc1. The number of carbonyl (C=O) groups excluding carboxylic acids is 1. The monoisotopic (exact) mass is 336 g/mol. The number of unbranched alkanes of at least 4 members (excludes halogenated alkanes) is 2. The van der Waals surface area contributed by atoms with Gasteiger partial charge in [0, 0.05) is 23.9 Å². The predicted octanol–water partition coefficient (Wildman–Crippen LogP) is 4.69. The van der Waals surface area contributed by atoms with Gasteiger partial charge in [-0.05, 0) is 30.7 Å². The Morgan fingerprint density at radius 2 is 1.83 bits per heavy atom. The highest BCUT2D eigenvalue weighted by Gasteiger charge is 2.30. The molecule has 0 aliphatic carbocycles. The summed E-state index contributed by atoms with van der Waals surface area (Å²) in [6.07, 6.45) is -0.216. The van der Waals surface area contributed by atoms with Crippen LogP contribution < -0.4 is 5.32 Å². The lowest BCUT2D eigenvalue weighted by Gasteiger charge is -2.09. The normalized spacial score (nSPS) is 11.3. The van der Waals surface area contributed by atoms with Crippen LogP contribution in [0, 0.1) is 0 Å². The van der Waals surface area contributed by atoms with E-state index in [9.17, 15) is 18.0 Å². The molecule has 0 fully saturated rings. The van der Waals surface area contributed by atoms with E-state index < -0.39 is 11.7 Å². The number of nitrogens with zero attached hydrogens (tertiary/aromatic N) is 1. The molecule has 0 radical (unpaired) electrons. The van der Waals surface area contributed by atoms with E-state index in [-0.39, 0.29) is 11.6 Å². The van der Waals surface area contributed by atoms with Crippen LogP contribution in [0.2, 0.25) is 0 Å². The van der Waals surface area contributed by atoms with Crippen molar-refractivity contribution in [3.8, 4) is 11.3 Å². The van der Waals surface area contributed by atoms with E-state index in [0.29, 0.717) is 17.7 Å². The molecule has 128 valence electrons. The van der Waals surface area contributed by atoms with Gasteiger partial charge in [-0.3, -0.25) is 9.78 Å². The summed E-state index contributed by atoms with van der Waals surface area (Å²) in [7, 11) is 0. The van der Waals surface area contributed by atoms with Crippen LogP contribution in [0.5, 0.6) is 0 Å². The van der Waals surface area contributed by atoms with E-state index in [1.165, 1.54) is 0 Å². The molecular formula is C18H19F3N2O. The van der Waals surface area contributed by atoms with Crippen molar-refractivity contribution in [2.75, 3.05) is 6.54 Å². The molecule has 2 rings (SSSR count). The van der Waals surface area contributed by atoms with Crippen LogP contribution in [-0.4, -0.2) is 17.4 Å². The largest absolute Gasteiger partial charge is 0.416 e. The summed E-state index contributed by atoms with van der Waals surface area (Å²) in [5.74, 6) is -0.186. The van der Waals surface area contributed by atoms with Gasteiger partial charge in [-0.2, -0.15) is 13.2 Å². The van der Waals surface area contributed by atoms with Gasteiger partial charge in [0.25, 0.3) is 5.91 Å². The molecule has 0 aliphatic heterocycles. The highest BCUT2D eigenvalue weighted by Crippen LogP contribution is 2.31. The zero-order chi connectivity index (χ0) is 17.6. The molecule has 0 unspecified atom stereocenters. The van der Waals surface area contributed by atoms with E-state index in [2.05, 4.69) is 17.2 Å². The van der Waals surface area contributed by atoms with Gasteiger partial charge in [-0.25, -0.2) is 0 Å². The third-order valence-corrected chi connectivity index (χ3v) is 3.60. The molecule has 6 heteroatoms. The van der Waals surface area contributed by atoms with Crippen molar-refractivity contribution in [2.45, 2.75) is 32.4 Å². The number of hydrogen-bond acceptors (Lipinski definition) is 2. The third kappa shape index (κ3) is 4.81. The van der Waals surface area contributed by atoms with Crippen LogP contribution in [0.25, 0.3) is 11.3 Å². The summed E-state index contributed by atoms with van der Waals surface area (Å²) in [5.41, 5.74) is 0.482. The predicted molar refractivity (Wildman–Crippen MR) is 86.5 cm³/mol. The lowest BCUT2D eigenvalue weighted by atomic mass is 10.1. The average Bonchev–Trinajstić information content (AvgIpc) is 2.58. The summed E-state index contributed by atoms with van der Waals surface area (Å²) < 4.78 is 38.2. The highest BCUT2D eigenvalue weighted by atomic mass is 19.4. The quantitative estimate of drug-likeness (QED) is 0.778. The maximum Gasteiger partial charge on any atom is 0.416 e. The first-order valence-electron chi connectivity index (χ1n) is 7.83. The third-order valence-electron chi connectivity index (χ3n) is 3.60. The summed E-state index contributed by atoms with van der Waals surface area (Å²) >= 11 is 0. The number of alkyl halides is 3. The number of halogens is 3. The molecule has 0 saturated heterocycles. The number of carbonyl (C=O) groups is 1. The standard InChI is InChI=1S/C18H19F3N2O/c1-2-3-4-10-23-17(24)14-7-5-13(6-8-14)16-12-15(9-11-22-16)18(19,20)21/h5-9,11-12H,2-4,10H2,1H3,(H,23,24). The lowest BCUT2D eigenvalue weighted by molar-refractivity contribution is -0.137. The maximum absolute atomic E-state index is 12.7. The van der Waals surface area contributed by atoms with Gasteiger partial charge in [-0.15, -0.1) is 0 Å². The molecule has 1 amide bonds. The number of benzene rings is 1.